The molecule has 0 saturated heterocycles. The fourth-order valence-electron chi connectivity index (χ4n) is 1.09. The third kappa shape index (κ3) is 2.87. The third-order valence-corrected chi connectivity index (χ3v) is 1.99. The molecule has 0 aliphatic heterocycles. The molecule has 0 N–H and O–H groups in total. The van der Waals surface area contributed by atoms with Gasteiger partial charge in [-0.1, -0.05) is 11.6 Å². The maximum Gasteiger partial charge on any atom is 0.386 e. The van der Waals surface area contributed by atoms with E-state index in [1.54, 1.807) is 0 Å². The van der Waals surface area contributed by atoms with Crippen molar-refractivity contribution < 1.29 is 27.1 Å². The van der Waals surface area contributed by atoms with E-state index in [2.05, 4.69) is 14.7 Å². The Morgan fingerprint density at radius 2 is 2.17 bits per heavy atom. The molecule has 0 atom stereocenters. The Labute approximate surface area is 104 Å². The Morgan fingerprint density at radius 1 is 1.56 bits per heavy atom. The fraction of sp³-hybridized carbons (Fsp3) is 0.444. The van der Waals surface area contributed by atoms with E-state index in [0.717, 1.165) is 0 Å². The summed E-state index contributed by atoms with van der Waals surface area (Å²) in [5, 5.41) is -0.478. The average Bonchev–Trinajstić information content (AvgIpc) is 2.28. The highest BCUT2D eigenvalue weighted by Crippen LogP contribution is 2.34. The number of hydrogen-bond acceptors (Lipinski definition) is 4. The van der Waals surface area contributed by atoms with Gasteiger partial charge in [0.1, 0.15) is 16.5 Å². The molecule has 1 aromatic rings. The molecule has 1 rings (SSSR count). The predicted molar refractivity (Wildman–Crippen MR) is 52.5 cm³/mol. The smallest absolute Gasteiger partial charge is 0.386 e. The van der Waals surface area contributed by atoms with Crippen molar-refractivity contribution in [2.24, 2.45) is 0 Å². The Hall–Kier alpha value is -1.44. The van der Waals surface area contributed by atoms with Gasteiger partial charge in [0.25, 0.3) is 6.43 Å². The number of carbonyl (C=O) groups is 1. The highest BCUT2D eigenvalue weighted by molar-refractivity contribution is 6.29. The fourth-order valence-corrected chi connectivity index (χ4v) is 1.23. The molecule has 100 valence electrons. The molecule has 0 fully saturated rings. The summed E-state index contributed by atoms with van der Waals surface area (Å²) in [5.41, 5.74) is -2.80. The van der Waals surface area contributed by atoms with Crippen molar-refractivity contribution in [2.75, 3.05) is 6.61 Å². The van der Waals surface area contributed by atoms with Crippen molar-refractivity contribution in [3.8, 4) is 0 Å². The quantitative estimate of drug-likeness (QED) is 0.631. The second-order valence-corrected chi connectivity index (χ2v) is 3.41. The number of rotatable bonds is 4. The molecule has 0 amide bonds. The molecule has 0 aliphatic carbocycles. The first-order valence-corrected chi connectivity index (χ1v) is 5.04. The van der Waals surface area contributed by atoms with E-state index in [4.69, 9.17) is 11.6 Å². The van der Waals surface area contributed by atoms with E-state index in [1.165, 1.54) is 6.92 Å². The lowest BCUT2D eigenvalue weighted by atomic mass is 10.2. The highest BCUT2D eigenvalue weighted by atomic mass is 35.5. The number of ether oxygens (including phenoxy) is 1. The number of halogens is 5. The summed E-state index contributed by atoms with van der Waals surface area (Å²) in [6.07, 6.45) is -2.69. The molecule has 0 saturated carbocycles. The van der Waals surface area contributed by atoms with Crippen LogP contribution in [-0.4, -0.2) is 22.5 Å². The van der Waals surface area contributed by atoms with Gasteiger partial charge >= 0.3 is 11.9 Å². The van der Waals surface area contributed by atoms with Gasteiger partial charge in [0.2, 0.25) is 0 Å². The van der Waals surface area contributed by atoms with E-state index in [-0.39, 0.29) is 6.61 Å². The first-order valence-electron chi connectivity index (χ1n) is 4.66. The molecule has 0 spiro atoms. The standard InChI is InChI=1S/C9H7ClF4N2O2/c1-2-18-8(17)9(13,14)6-5(7(11)12)16-4(10)3-15-6/h3,7H,2H2,1H3. The SMILES string of the molecule is CCOC(=O)C(F)(F)c1ncc(Cl)nc1C(F)F. The molecule has 18 heavy (non-hydrogen) atoms. The van der Waals surface area contributed by atoms with Gasteiger partial charge in [-0.2, -0.15) is 8.78 Å². The van der Waals surface area contributed by atoms with Crippen LogP contribution >= 0.6 is 11.6 Å². The number of aromatic nitrogens is 2. The zero-order valence-corrected chi connectivity index (χ0v) is 9.72. The van der Waals surface area contributed by atoms with Gasteiger partial charge in [-0.25, -0.2) is 23.5 Å². The largest absolute Gasteiger partial charge is 0.461 e. The van der Waals surface area contributed by atoms with E-state index >= 15 is 0 Å². The van der Waals surface area contributed by atoms with Gasteiger partial charge < -0.3 is 4.74 Å². The van der Waals surface area contributed by atoms with E-state index < -0.39 is 34.9 Å². The minimum atomic E-state index is -4.31. The second-order valence-electron chi connectivity index (χ2n) is 3.02. The van der Waals surface area contributed by atoms with Gasteiger partial charge in [-0.05, 0) is 6.92 Å². The lowest BCUT2D eigenvalue weighted by molar-refractivity contribution is -0.174. The van der Waals surface area contributed by atoms with Crippen LogP contribution in [0.15, 0.2) is 6.20 Å². The van der Waals surface area contributed by atoms with Crippen molar-refractivity contribution >= 4 is 17.6 Å². The van der Waals surface area contributed by atoms with Crippen LogP contribution in [0.3, 0.4) is 0 Å². The molecular formula is C9H7ClF4N2O2. The van der Waals surface area contributed by atoms with E-state index in [0.29, 0.717) is 6.20 Å². The summed E-state index contributed by atoms with van der Waals surface area (Å²) in [7, 11) is 0. The summed E-state index contributed by atoms with van der Waals surface area (Å²) in [5.74, 6) is -6.28. The summed E-state index contributed by atoms with van der Waals surface area (Å²) in [6, 6.07) is 0. The number of esters is 1. The molecule has 0 unspecified atom stereocenters. The van der Waals surface area contributed by atoms with Crippen LogP contribution in [-0.2, 0) is 15.5 Å². The average molecular weight is 287 g/mol. The lowest BCUT2D eigenvalue weighted by Gasteiger charge is -2.16. The molecule has 9 heteroatoms. The normalized spacial score (nSPS) is 11.7. The number of nitrogens with zero attached hydrogens (tertiary/aromatic N) is 2. The zero-order valence-electron chi connectivity index (χ0n) is 8.96. The summed E-state index contributed by atoms with van der Waals surface area (Å²) in [6.45, 7) is 0.981. The van der Waals surface area contributed by atoms with Gasteiger partial charge in [0, 0.05) is 0 Å². The van der Waals surface area contributed by atoms with Crippen LogP contribution in [0.25, 0.3) is 0 Å². The molecule has 1 aromatic heterocycles. The van der Waals surface area contributed by atoms with Crippen LogP contribution in [0.4, 0.5) is 17.6 Å². The maximum absolute atomic E-state index is 13.5. The van der Waals surface area contributed by atoms with Gasteiger partial charge in [-0.3, -0.25) is 0 Å². The second kappa shape index (κ2) is 5.47. The van der Waals surface area contributed by atoms with Gasteiger partial charge in [-0.15, -0.1) is 0 Å². The first kappa shape index (κ1) is 14.6. The van der Waals surface area contributed by atoms with E-state index in [1.807, 2.05) is 0 Å². The molecule has 0 aliphatic rings. The van der Waals surface area contributed by atoms with Crippen LogP contribution in [0, 0.1) is 0 Å². The number of carbonyl (C=O) groups excluding carboxylic acids is 1. The zero-order chi connectivity index (χ0) is 13.9. The lowest BCUT2D eigenvalue weighted by Crippen LogP contribution is -2.31. The molecule has 0 radical (unpaired) electrons. The molecular weight excluding hydrogens is 280 g/mol. The molecule has 1 heterocycles. The summed E-state index contributed by atoms with van der Waals surface area (Å²) in [4.78, 5) is 17.1. The first-order chi connectivity index (χ1) is 8.30. The van der Waals surface area contributed by atoms with Gasteiger partial charge in [0.15, 0.2) is 0 Å². The summed E-state index contributed by atoms with van der Waals surface area (Å²) >= 11 is 5.28. The molecule has 0 aromatic carbocycles. The van der Waals surface area contributed by atoms with Crippen LogP contribution < -0.4 is 0 Å². The Balaban J connectivity index is 3.27. The van der Waals surface area contributed by atoms with E-state index in [9.17, 15) is 22.4 Å². The minimum absolute atomic E-state index is 0.320. The topological polar surface area (TPSA) is 52.1 Å². The van der Waals surface area contributed by atoms with Gasteiger partial charge in [0.05, 0.1) is 12.8 Å². The van der Waals surface area contributed by atoms with Crippen LogP contribution in [0.2, 0.25) is 5.15 Å². The van der Waals surface area contributed by atoms with Crippen molar-refractivity contribution in [3.63, 3.8) is 0 Å². The number of alkyl halides is 4. The van der Waals surface area contributed by atoms with Crippen molar-refractivity contribution in [1.82, 2.24) is 9.97 Å². The Morgan fingerprint density at radius 3 is 2.67 bits per heavy atom. The minimum Gasteiger partial charge on any atom is -0.461 e. The van der Waals surface area contributed by atoms with Crippen LogP contribution in [0.5, 0.6) is 0 Å². The molecule has 4 nitrogen and oxygen atoms in total. The molecule has 0 bridgehead atoms. The monoisotopic (exact) mass is 286 g/mol. The Kier molecular flexibility index (Phi) is 4.44. The third-order valence-electron chi connectivity index (χ3n) is 1.81. The van der Waals surface area contributed by atoms with Crippen molar-refractivity contribution in [2.45, 2.75) is 19.3 Å². The van der Waals surface area contributed by atoms with Crippen molar-refractivity contribution in [3.05, 3.63) is 22.7 Å². The van der Waals surface area contributed by atoms with Crippen molar-refractivity contribution in [1.29, 1.82) is 0 Å². The summed E-state index contributed by atoms with van der Waals surface area (Å²) < 4.78 is 56.2. The number of hydrogen-bond donors (Lipinski definition) is 0. The predicted octanol–water partition coefficient (Wildman–Crippen LogP) is 2.72. The Bertz CT molecular complexity index is 456. The highest BCUT2D eigenvalue weighted by Gasteiger charge is 2.48. The maximum atomic E-state index is 13.5. The van der Waals surface area contributed by atoms with Crippen LogP contribution in [0.1, 0.15) is 24.7 Å².